The van der Waals surface area contributed by atoms with E-state index in [9.17, 15) is 4.79 Å². The summed E-state index contributed by atoms with van der Waals surface area (Å²) in [5, 5.41) is 17.1. The third-order valence-corrected chi connectivity index (χ3v) is 4.03. The Balaban J connectivity index is 1.90. The number of carbonyl (C=O) groups is 1. The van der Waals surface area contributed by atoms with Crippen LogP contribution in [0.4, 0.5) is 0 Å². The fraction of sp³-hybridized carbons (Fsp3) is 0.533. The summed E-state index contributed by atoms with van der Waals surface area (Å²) in [4.78, 5) is 17.0. The van der Waals surface area contributed by atoms with Crippen LogP contribution in [0.2, 0.25) is 0 Å². The third-order valence-electron chi connectivity index (χ3n) is 4.03. The quantitative estimate of drug-likeness (QED) is 0.865. The number of amides is 1. The molecule has 0 aromatic carbocycles. The maximum Gasteiger partial charge on any atom is 0.252 e. The van der Waals surface area contributed by atoms with E-state index in [-0.39, 0.29) is 18.6 Å². The van der Waals surface area contributed by atoms with Gasteiger partial charge in [-0.2, -0.15) is 5.10 Å². The zero-order valence-electron chi connectivity index (χ0n) is 12.3. The van der Waals surface area contributed by atoms with Crippen molar-refractivity contribution in [3.8, 4) is 0 Å². The first kappa shape index (κ1) is 14.0. The minimum absolute atomic E-state index is 0.0580. The van der Waals surface area contributed by atoms with Crippen LogP contribution in [0.15, 0.2) is 12.3 Å². The molecule has 1 fully saturated rings. The highest BCUT2D eigenvalue weighted by molar-refractivity contribution is 6.05. The minimum Gasteiger partial charge on any atom is -0.396 e. The molecule has 2 heterocycles. The van der Waals surface area contributed by atoms with Crippen LogP contribution in [0.1, 0.15) is 35.3 Å². The highest BCUT2D eigenvalue weighted by Crippen LogP contribution is 2.34. The van der Waals surface area contributed by atoms with Gasteiger partial charge < -0.3 is 10.4 Å². The van der Waals surface area contributed by atoms with Gasteiger partial charge in [-0.05, 0) is 38.2 Å². The number of pyridine rings is 1. The molecule has 21 heavy (non-hydrogen) atoms. The molecule has 0 saturated heterocycles. The molecule has 2 aromatic heterocycles. The first-order valence-electron chi connectivity index (χ1n) is 7.31. The van der Waals surface area contributed by atoms with Crippen LogP contribution in [-0.4, -0.2) is 38.4 Å². The number of nitrogens with zero attached hydrogens (tertiary/aromatic N) is 3. The molecule has 6 heteroatoms. The van der Waals surface area contributed by atoms with Crippen molar-refractivity contribution in [3.63, 3.8) is 0 Å². The highest BCUT2D eigenvalue weighted by atomic mass is 16.3. The van der Waals surface area contributed by atoms with E-state index in [0.29, 0.717) is 23.5 Å². The first-order chi connectivity index (χ1) is 10.1. The average Bonchev–Trinajstić information content (AvgIpc) is 3.23. The lowest BCUT2D eigenvalue weighted by molar-refractivity contribution is 0.0926. The Kier molecular flexibility index (Phi) is 3.63. The summed E-state index contributed by atoms with van der Waals surface area (Å²) < 4.78 is 1.67. The standard InChI is InChI=1S/C15H20N4O2/c1-9-7-11(12-8-16-19(2)14(12)17-9)15(21)18-13(5-6-20)10-3-4-10/h7-8,10,13,20H,3-6H2,1-2H3,(H,18,21). The molecule has 0 radical (unpaired) electrons. The highest BCUT2D eigenvalue weighted by Gasteiger charge is 2.32. The number of carbonyl (C=O) groups excluding carboxylic acids is 1. The molecule has 0 aliphatic heterocycles. The number of aliphatic hydroxyl groups is 1. The Morgan fingerprint density at radius 1 is 1.57 bits per heavy atom. The van der Waals surface area contributed by atoms with E-state index >= 15 is 0 Å². The number of hydrogen-bond acceptors (Lipinski definition) is 4. The van der Waals surface area contributed by atoms with Gasteiger partial charge in [0, 0.05) is 25.4 Å². The van der Waals surface area contributed by atoms with E-state index in [1.54, 1.807) is 16.9 Å². The van der Waals surface area contributed by atoms with Crippen molar-refractivity contribution in [2.24, 2.45) is 13.0 Å². The molecule has 1 amide bonds. The molecule has 1 unspecified atom stereocenters. The molecule has 2 N–H and O–H groups in total. The van der Waals surface area contributed by atoms with Crippen LogP contribution in [0.3, 0.4) is 0 Å². The average molecular weight is 288 g/mol. The summed E-state index contributed by atoms with van der Waals surface area (Å²) in [6, 6.07) is 1.85. The maximum atomic E-state index is 12.6. The van der Waals surface area contributed by atoms with Crippen molar-refractivity contribution in [3.05, 3.63) is 23.5 Å². The number of fused-ring (bicyclic) bond motifs is 1. The van der Waals surface area contributed by atoms with Gasteiger partial charge >= 0.3 is 0 Å². The van der Waals surface area contributed by atoms with Crippen molar-refractivity contribution >= 4 is 16.9 Å². The van der Waals surface area contributed by atoms with Crippen LogP contribution in [-0.2, 0) is 7.05 Å². The van der Waals surface area contributed by atoms with Gasteiger partial charge in [-0.15, -0.1) is 0 Å². The lowest BCUT2D eigenvalue weighted by Crippen LogP contribution is -2.37. The molecule has 1 atom stereocenters. The zero-order chi connectivity index (χ0) is 15.0. The maximum absolute atomic E-state index is 12.6. The van der Waals surface area contributed by atoms with Gasteiger partial charge in [0.15, 0.2) is 5.65 Å². The SMILES string of the molecule is Cc1cc(C(=O)NC(CCO)C2CC2)c2cnn(C)c2n1. The van der Waals surface area contributed by atoms with Gasteiger partial charge in [0.2, 0.25) is 0 Å². The number of hydrogen-bond donors (Lipinski definition) is 2. The van der Waals surface area contributed by atoms with Crippen molar-refractivity contribution in [2.75, 3.05) is 6.61 Å². The molecular formula is C15H20N4O2. The van der Waals surface area contributed by atoms with Crippen LogP contribution < -0.4 is 5.32 Å². The Bertz CT molecular complexity index is 676. The number of aromatic nitrogens is 3. The van der Waals surface area contributed by atoms with Gasteiger partial charge in [0.1, 0.15) is 0 Å². The predicted molar refractivity (Wildman–Crippen MR) is 78.9 cm³/mol. The largest absolute Gasteiger partial charge is 0.396 e. The summed E-state index contributed by atoms with van der Waals surface area (Å²) in [5.41, 5.74) is 2.11. The molecule has 1 saturated carbocycles. The van der Waals surface area contributed by atoms with Gasteiger partial charge in [0.05, 0.1) is 17.1 Å². The second-order valence-electron chi connectivity index (χ2n) is 5.75. The Morgan fingerprint density at radius 2 is 2.33 bits per heavy atom. The van der Waals surface area contributed by atoms with E-state index in [1.165, 1.54) is 0 Å². The molecule has 1 aliphatic rings. The molecule has 1 aliphatic carbocycles. The fourth-order valence-electron chi connectivity index (χ4n) is 2.74. The summed E-state index contributed by atoms with van der Waals surface area (Å²) in [7, 11) is 1.81. The topological polar surface area (TPSA) is 80.0 Å². The van der Waals surface area contributed by atoms with E-state index < -0.39 is 0 Å². The van der Waals surface area contributed by atoms with Gasteiger partial charge in [0.25, 0.3) is 5.91 Å². The molecule has 112 valence electrons. The van der Waals surface area contributed by atoms with E-state index in [0.717, 1.165) is 23.9 Å². The van der Waals surface area contributed by atoms with Crippen molar-refractivity contribution in [1.29, 1.82) is 0 Å². The molecule has 2 aromatic rings. The lowest BCUT2D eigenvalue weighted by atomic mass is 10.1. The van der Waals surface area contributed by atoms with Crippen LogP contribution >= 0.6 is 0 Å². The van der Waals surface area contributed by atoms with Crippen LogP contribution in [0.25, 0.3) is 11.0 Å². The summed E-state index contributed by atoms with van der Waals surface area (Å²) >= 11 is 0. The van der Waals surface area contributed by atoms with E-state index in [2.05, 4.69) is 15.4 Å². The Labute approximate surface area is 123 Å². The summed E-state index contributed by atoms with van der Waals surface area (Å²) in [6.07, 6.45) is 4.54. The summed E-state index contributed by atoms with van der Waals surface area (Å²) in [6.45, 7) is 1.97. The van der Waals surface area contributed by atoms with Gasteiger partial charge in [-0.25, -0.2) is 4.98 Å². The van der Waals surface area contributed by atoms with Gasteiger partial charge in [-0.1, -0.05) is 0 Å². The molecular weight excluding hydrogens is 268 g/mol. The first-order valence-corrected chi connectivity index (χ1v) is 7.31. The molecule has 6 nitrogen and oxygen atoms in total. The molecule has 0 spiro atoms. The van der Waals surface area contributed by atoms with E-state index in [1.807, 2.05) is 14.0 Å². The van der Waals surface area contributed by atoms with E-state index in [4.69, 9.17) is 5.11 Å². The van der Waals surface area contributed by atoms with Crippen LogP contribution in [0, 0.1) is 12.8 Å². The molecule has 3 rings (SSSR count). The molecule has 0 bridgehead atoms. The predicted octanol–water partition coefficient (Wildman–Crippen LogP) is 1.17. The number of aryl methyl sites for hydroxylation is 2. The lowest BCUT2D eigenvalue weighted by Gasteiger charge is -2.17. The van der Waals surface area contributed by atoms with Crippen molar-refractivity contribution in [1.82, 2.24) is 20.1 Å². The number of rotatable bonds is 5. The van der Waals surface area contributed by atoms with Crippen LogP contribution in [0.5, 0.6) is 0 Å². The number of nitrogens with one attached hydrogen (secondary N) is 1. The fourth-order valence-corrected chi connectivity index (χ4v) is 2.74. The third kappa shape index (κ3) is 2.76. The smallest absolute Gasteiger partial charge is 0.252 e. The van der Waals surface area contributed by atoms with Gasteiger partial charge in [-0.3, -0.25) is 9.48 Å². The second-order valence-corrected chi connectivity index (χ2v) is 5.75. The Morgan fingerprint density at radius 3 is 3.00 bits per heavy atom. The van der Waals surface area contributed by atoms with Crippen molar-refractivity contribution in [2.45, 2.75) is 32.2 Å². The second kappa shape index (κ2) is 5.44. The normalized spacial score (nSPS) is 16.1. The minimum atomic E-state index is -0.108. The zero-order valence-corrected chi connectivity index (χ0v) is 12.3. The monoisotopic (exact) mass is 288 g/mol. The summed E-state index contributed by atoms with van der Waals surface area (Å²) in [5.74, 6) is 0.400. The number of aliphatic hydroxyl groups excluding tert-OH is 1. The Hall–Kier alpha value is -1.95. The van der Waals surface area contributed by atoms with Crippen molar-refractivity contribution < 1.29 is 9.90 Å².